The van der Waals surface area contributed by atoms with E-state index in [9.17, 15) is 0 Å². The summed E-state index contributed by atoms with van der Waals surface area (Å²) in [6.45, 7) is 0. The van der Waals surface area contributed by atoms with Crippen molar-refractivity contribution >= 4 is 23.1 Å². The van der Waals surface area contributed by atoms with E-state index in [1.165, 1.54) is 0 Å². The van der Waals surface area contributed by atoms with Gasteiger partial charge in [0.15, 0.2) is 0 Å². The van der Waals surface area contributed by atoms with Crippen LogP contribution in [0.4, 0.5) is 0 Å². The first-order valence-corrected chi connectivity index (χ1v) is 0. The molecule has 0 aliphatic rings. The maximum atomic E-state index is 0. The average Bonchev–Trinajstić information content (AvgIpc) is 0. The zero-order chi connectivity index (χ0) is 0. The molecule has 0 rings (SSSR count). The molecule has 0 bridgehead atoms. The topological polar surface area (TPSA) is 0 Å². The van der Waals surface area contributed by atoms with E-state index in [0.29, 0.717) is 0 Å². The molecule has 0 fully saturated rings. The third-order valence-electron chi connectivity index (χ3n) is 0. The summed E-state index contributed by atoms with van der Waals surface area (Å²) < 4.78 is 0. The maximum Gasteiger partial charge on any atom is 0 e. The zero-order valence-corrected chi connectivity index (χ0v) is 8.63. The minimum absolute atomic E-state index is 0. The molecule has 0 aliphatic heterocycles. The van der Waals surface area contributed by atoms with Crippen molar-refractivity contribution < 1.29 is 53.3 Å². The molecule has 4 heteroatoms. The van der Waals surface area contributed by atoms with Crippen LogP contribution in [0.1, 0.15) is 0 Å². The van der Waals surface area contributed by atoms with Crippen LogP contribution in [-0.2, 0) is 53.3 Å². The molecule has 3 radical (unpaired) electrons. The molecule has 0 N–H and O–H groups in total. The van der Waals surface area contributed by atoms with Crippen LogP contribution in [0.2, 0.25) is 0 Å². The van der Waals surface area contributed by atoms with Crippen molar-refractivity contribution in [2.24, 2.45) is 0 Å². The van der Waals surface area contributed by atoms with E-state index in [4.69, 9.17) is 0 Å². The Morgan fingerprint density at radius 3 is 1.00 bits per heavy atom. The molecule has 0 atom stereocenters. The van der Waals surface area contributed by atoms with E-state index in [1.807, 2.05) is 0 Å². The monoisotopic (exact) mass is 203 g/mol. The summed E-state index contributed by atoms with van der Waals surface area (Å²) in [5, 5.41) is 0. The van der Waals surface area contributed by atoms with Gasteiger partial charge in [0.1, 0.15) is 0 Å². The second kappa shape index (κ2) is 18.1. The van der Waals surface area contributed by atoms with Gasteiger partial charge in [-0.2, -0.15) is 0 Å². The predicted octanol–water partition coefficient (Wildman–Crippen LogP) is -0.388. The van der Waals surface area contributed by atoms with Gasteiger partial charge in [0.05, 0.1) is 0 Å². The molecule has 0 aromatic rings. The molecule has 0 aromatic heterocycles. The molecule has 0 aromatic carbocycles. The standard InChI is InChI=1S/Co.Fe.Mg.Zn. The van der Waals surface area contributed by atoms with Crippen LogP contribution in [0, 0.1) is 0 Å². The van der Waals surface area contributed by atoms with Gasteiger partial charge in [0.25, 0.3) is 0 Å². The number of hydrogen-bond donors (Lipinski definition) is 0. The Hall–Kier alpha value is 2.42. The first kappa shape index (κ1) is 32.2. The van der Waals surface area contributed by atoms with Crippen LogP contribution in [0.5, 0.6) is 0 Å². The van der Waals surface area contributed by atoms with Crippen molar-refractivity contribution in [1.82, 2.24) is 0 Å². The normalized spacial score (nSPS) is 0. The Balaban J connectivity index is 0. The van der Waals surface area contributed by atoms with Gasteiger partial charge in [-0.15, -0.1) is 0 Å². The van der Waals surface area contributed by atoms with Crippen LogP contribution in [0.3, 0.4) is 0 Å². The SMILES string of the molecule is [Co].[Fe].[Mg].[Zn]. The Morgan fingerprint density at radius 1 is 1.00 bits per heavy atom. The van der Waals surface area contributed by atoms with Crippen molar-refractivity contribution in [2.75, 3.05) is 0 Å². The van der Waals surface area contributed by atoms with Crippen molar-refractivity contribution in [2.45, 2.75) is 0 Å². The van der Waals surface area contributed by atoms with Gasteiger partial charge in [-0.1, -0.05) is 0 Å². The average molecular weight is 204 g/mol. The van der Waals surface area contributed by atoms with Gasteiger partial charge in [-0.3, -0.25) is 0 Å². The zero-order valence-electron chi connectivity index (χ0n) is 2.10. The molecule has 0 saturated carbocycles. The summed E-state index contributed by atoms with van der Waals surface area (Å²) in [7, 11) is 0. The van der Waals surface area contributed by atoms with Gasteiger partial charge in [-0.25, -0.2) is 0 Å². The molecular weight excluding hydrogens is 204 g/mol. The number of hydrogen-bond acceptors (Lipinski definition) is 0. The summed E-state index contributed by atoms with van der Waals surface area (Å²) in [6, 6.07) is 0. The molecule has 4 heavy (non-hydrogen) atoms. The Morgan fingerprint density at radius 2 is 1.00 bits per heavy atom. The maximum absolute atomic E-state index is 0. The first-order valence-electron chi connectivity index (χ1n) is 0. The van der Waals surface area contributed by atoms with E-state index in [-0.39, 0.29) is 76.4 Å². The van der Waals surface area contributed by atoms with E-state index < -0.39 is 0 Å². The van der Waals surface area contributed by atoms with Gasteiger partial charge < -0.3 is 0 Å². The van der Waals surface area contributed by atoms with Gasteiger partial charge >= 0.3 is 0 Å². The second-order valence-electron chi connectivity index (χ2n) is 0. The molecular formula is CoFeMgZn. The van der Waals surface area contributed by atoms with E-state index >= 15 is 0 Å². The Bertz CT molecular complexity index is 8.00. The van der Waals surface area contributed by atoms with Crippen LogP contribution in [0.15, 0.2) is 0 Å². The summed E-state index contributed by atoms with van der Waals surface area (Å²) in [5.41, 5.74) is 0. The van der Waals surface area contributed by atoms with E-state index in [0.717, 1.165) is 0 Å². The van der Waals surface area contributed by atoms with Crippen molar-refractivity contribution in [1.29, 1.82) is 0 Å². The number of rotatable bonds is 0. The predicted molar refractivity (Wildman–Crippen MR) is 5.75 cm³/mol. The van der Waals surface area contributed by atoms with Gasteiger partial charge in [0.2, 0.25) is 0 Å². The molecule has 0 unspecified atom stereocenters. The molecule has 0 amide bonds. The molecule has 0 saturated heterocycles. The summed E-state index contributed by atoms with van der Waals surface area (Å²) in [5.74, 6) is 0. The van der Waals surface area contributed by atoms with Crippen molar-refractivity contribution in [3.8, 4) is 0 Å². The Kier molecular flexibility index (Phi) is 146. The van der Waals surface area contributed by atoms with Gasteiger partial charge in [0, 0.05) is 76.4 Å². The summed E-state index contributed by atoms with van der Waals surface area (Å²) in [4.78, 5) is 0. The fourth-order valence-corrected chi connectivity index (χ4v) is 0. The second-order valence-corrected chi connectivity index (χ2v) is 0. The van der Waals surface area contributed by atoms with Crippen LogP contribution in [-0.4, -0.2) is 23.1 Å². The van der Waals surface area contributed by atoms with E-state index in [2.05, 4.69) is 0 Å². The fourth-order valence-electron chi connectivity index (χ4n) is 0. The van der Waals surface area contributed by atoms with Crippen molar-refractivity contribution in [3.63, 3.8) is 0 Å². The molecule has 0 spiro atoms. The molecule has 0 aliphatic carbocycles. The fraction of sp³-hybridized carbons (Fsp3) is 0. The minimum atomic E-state index is 0. The van der Waals surface area contributed by atoms with Crippen LogP contribution >= 0.6 is 0 Å². The molecule has 0 heterocycles. The molecule has 0 nitrogen and oxygen atoms in total. The van der Waals surface area contributed by atoms with Crippen LogP contribution in [0.25, 0.3) is 0 Å². The summed E-state index contributed by atoms with van der Waals surface area (Å²) >= 11 is 0. The van der Waals surface area contributed by atoms with E-state index in [1.54, 1.807) is 0 Å². The third-order valence-corrected chi connectivity index (χ3v) is 0. The third kappa shape index (κ3) is 8.83. The minimum Gasteiger partial charge on any atom is 0 e. The summed E-state index contributed by atoms with van der Waals surface area (Å²) in [6.07, 6.45) is 0. The van der Waals surface area contributed by atoms with Gasteiger partial charge in [-0.05, 0) is 0 Å². The largest absolute Gasteiger partial charge is 0 e. The van der Waals surface area contributed by atoms with Crippen molar-refractivity contribution in [3.05, 3.63) is 0 Å². The molecule has 21 valence electrons. The first-order chi connectivity index (χ1) is 0. The smallest absolute Gasteiger partial charge is 0 e. The van der Waals surface area contributed by atoms with Crippen LogP contribution < -0.4 is 0 Å². The quantitative estimate of drug-likeness (QED) is 0.472. The Labute approximate surface area is 75.4 Å².